The molecule has 0 radical (unpaired) electrons. The smallest absolute Gasteiger partial charge is 0.227 e. The van der Waals surface area contributed by atoms with Gasteiger partial charge in [-0.05, 0) is 56.1 Å². The lowest BCUT2D eigenvalue weighted by molar-refractivity contribution is -0.135. The summed E-state index contributed by atoms with van der Waals surface area (Å²) >= 11 is 5.07. The molecule has 2 aromatic rings. The van der Waals surface area contributed by atoms with Gasteiger partial charge in [-0.25, -0.2) is 0 Å². The Bertz CT molecular complexity index is 844. The van der Waals surface area contributed by atoms with E-state index in [9.17, 15) is 9.59 Å². The maximum atomic E-state index is 12.5. The number of aromatic nitrogens is 2. The van der Waals surface area contributed by atoms with Crippen LogP contribution in [0.4, 0.5) is 5.69 Å². The van der Waals surface area contributed by atoms with Crippen molar-refractivity contribution in [2.75, 3.05) is 18.4 Å². The highest BCUT2D eigenvalue weighted by Crippen LogP contribution is 2.32. The van der Waals surface area contributed by atoms with Crippen LogP contribution < -0.4 is 5.32 Å². The maximum Gasteiger partial charge on any atom is 0.227 e. The highest BCUT2D eigenvalue weighted by molar-refractivity contribution is 7.71. The number of H-pyrrole nitrogens is 2. The van der Waals surface area contributed by atoms with Crippen molar-refractivity contribution in [2.45, 2.75) is 25.7 Å². The summed E-state index contributed by atoms with van der Waals surface area (Å²) in [5.41, 5.74) is 2.56. The van der Waals surface area contributed by atoms with Gasteiger partial charge < -0.3 is 20.2 Å². The van der Waals surface area contributed by atoms with E-state index in [0.717, 1.165) is 42.4 Å². The van der Waals surface area contributed by atoms with Crippen LogP contribution in [-0.4, -0.2) is 39.8 Å². The summed E-state index contributed by atoms with van der Waals surface area (Å²) < 4.78 is 0.571. The summed E-state index contributed by atoms with van der Waals surface area (Å²) in [6.45, 7) is 1.38. The molecule has 4 rings (SSSR count). The molecule has 1 aromatic carbocycles. The number of nitrogens with one attached hydrogen (secondary N) is 3. The van der Waals surface area contributed by atoms with E-state index >= 15 is 0 Å². The van der Waals surface area contributed by atoms with Gasteiger partial charge in [0.25, 0.3) is 0 Å². The minimum atomic E-state index is -0.0336. The number of amides is 2. The molecule has 2 aliphatic rings. The topological polar surface area (TPSA) is 81.0 Å². The number of hydrogen-bond acceptors (Lipinski definition) is 3. The first-order valence-electron chi connectivity index (χ1n) is 8.42. The lowest BCUT2D eigenvalue weighted by Gasteiger charge is -2.31. The predicted molar refractivity (Wildman–Crippen MR) is 94.1 cm³/mol. The predicted octanol–water partition coefficient (Wildman–Crippen LogP) is 2.81. The van der Waals surface area contributed by atoms with E-state index in [1.165, 1.54) is 0 Å². The molecule has 126 valence electrons. The Balaban J connectivity index is 1.37. The monoisotopic (exact) mass is 344 g/mol. The highest BCUT2D eigenvalue weighted by Gasteiger charge is 2.35. The van der Waals surface area contributed by atoms with Gasteiger partial charge in [0.2, 0.25) is 11.8 Å². The minimum absolute atomic E-state index is 0.0296. The van der Waals surface area contributed by atoms with E-state index in [4.69, 9.17) is 12.2 Å². The number of hydrogen-bond donors (Lipinski definition) is 3. The first-order chi connectivity index (χ1) is 11.6. The molecule has 1 aliphatic heterocycles. The van der Waals surface area contributed by atoms with Crippen molar-refractivity contribution in [1.82, 2.24) is 14.9 Å². The lowest BCUT2D eigenvalue weighted by Crippen LogP contribution is -2.42. The Morgan fingerprint density at radius 1 is 1.04 bits per heavy atom. The van der Waals surface area contributed by atoms with Crippen molar-refractivity contribution in [1.29, 1.82) is 0 Å². The van der Waals surface area contributed by atoms with E-state index in [1.807, 2.05) is 23.1 Å². The van der Waals surface area contributed by atoms with Crippen molar-refractivity contribution in [3.63, 3.8) is 0 Å². The average molecular weight is 344 g/mol. The molecule has 2 heterocycles. The molecule has 0 spiro atoms. The Labute approximate surface area is 144 Å². The van der Waals surface area contributed by atoms with Crippen LogP contribution in [0.25, 0.3) is 11.0 Å². The van der Waals surface area contributed by atoms with Crippen LogP contribution in [0.15, 0.2) is 18.2 Å². The molecule has 2 amide bonds. The fraction of sp³-hybridized carbons (Fsp3) is 0.471. The number of likely N-dealkylation sites (tertiary alicyclic amines) is 1. The Morgan fingerprint density at radius 2 is 1.75 bits per heavy atom. The summed E-state index contributed by atoms with van der Waals surface area (Å²) in [6, 6.07) is 5.64. The first kappa shape index (κ1) is 15.4. The summed E-state index contributed by atoms with van der Waals surface area (Å²) in [4.78, 5) is 32.6. The summed E-state index contributed by atoms with van der Waals surface area (Å²) in [5.74, 6) is 0.534. The minimum Gasteiger partial charge on any atom is -0.342 e. The zero-order valence-electron chi connectivity index (χ0n) is 13.3. The molecular weight excluding hydrogens is 324 g/mol. The second-order valence-corrected chi connectivity index (χ2v) is 7.11. The number of fused-ring (bicyclic) bond motifs is 1. The van der Waals surface area contributed by atoms with Gasteiger partial charge in [-0.1, -0.05) is 0 Å². The Morgan fingerprint density at radius 3 is 2.46 bits per heavy atom. The first-order valence-corrected chi connectivity index (χ1v) is 8.83. The average Bonchev–Trinajstić information content (AvgIpc) is 3.36. The summed E-state index contributed by atoms with van der Waals surface area (Å²) in [6.07, 6.45) is 3.53. The van der Waals surface area contributed by atoms with Crippen LogP contribution in [0.5, 0.6) is 0 Å². The van der Waals surface area contributed by atoms with Gasteiger partial charge in [-0.2, -0.15) is 0 Å². The fourth-order valence-electron chi connectivity index (χ4n) is 3.31. The zero-order chi connectivity index (χ0) is 16.7. The number of aromatic amines is 2. The molecule has 0 atom stereocenters. The van der Waals surface area contributed by atoms with Crippen molar-refractivity contribution >= 4 is 40.8 Å². The molecule has 1 aliphatic carbocycles. The van der Waals surface area contributed by atoms with E-state index in [2.05, 4.69) is 15.3 Å². The van der Waals surface area contributed by atoms with Gasteiger partial charge in [0, 0.05) is 30.6 Å². The molecule has 0 bridgehead atoms. The van der Waals surface area contributed by atoms with Crippen LogP contribution in [0.3, 0.4) is 0 Å². The van der Waals surface area contributed by atoms with E-state index in [-0.39, 0.29) is 23.7 Å². The quantitative estimate of drug-likeness (QED) is 0.749. The van der Waals surface area contributed by atoms with Gasteiger partial charge in [-0.3, -0.25) is 9.59 Å². The normalized spacial score (nSPS) is 18.8. The molecule has 0 unspecified atom stereocenters. The van der Waals surface area contributed by atoms with Crippen LogP contribution in [0.2, 0.25) is 0 Å². The molecule has 7 heteroatoms. The van der Waals surface area contributed by atoms with Crippen LogP contribution in [-0.2, 0) is 9.59 Å². The number of nitrogens with zero attached hydrogens (tertiary/aromatic N) is 1. The molecule has 3 N–H and O–H groups in total. The Kier molecular flexibility index (Phi) is 3.88. The SMILES string of the molecule is O=C(Nc1ccc2[nH]c(=S)[nH]c2c1)C1CCN(C(=O)C2CC2)CC1. The van der Waals surface area contributed by atoms with E-state index < -0.39 is 0 Å². The van der Waals surface area contributed by atoms with E-state index in [1.54, 1.807) is 0 Å². The van der Waals surface area contributed by atoms with Crippen LogP contribution in [0, 0.1) is 16.6 Å². The van der Waals surface area contributed by atoms with Crippen molar-refractivity contribution in [3.05, 3.63) is 23.0 Å². The molecule has 1 aromatic heterocycles. The number of carbonyl (C=O) groups is 2. The van der Waals surface area contributed by atoms with Gasteiger partial charge >= 0.3 is 0 Å². The van der Waals surface area contributed by atoms with Crippen molar-refractivity contribution < 1.29 is 9.59 Å². The van der Waals surface area contributed by atoms with Gasteiger partial charge in [0.1, 0.15) is 0 Å². The van der Waals surface area contributed by atoms with Crippen LogP contribution >= 0.6 is 12.2 Å². The third kappa shape index (κ3) is 3.08. The molecule has 2 fully saturated rings. The summed E-state index contributed by atoms with van der Waals surface area (Å²) in [7, 11) is 0. The standard InChI is InChI=1S/C17H20N4O2S/c22-15(10-5-7-21(8-6-10)16(23)11-1-2-11)18-12-3-4-13-14(9-12)20-17(24)19-13/h3-4,9-11H,1-2,5-8H2,(H,18,22)(H2,19,20,24). The third-order valence-corrected chi connectivity index (χ3v) is 5.09. The number of carbonyl (C=O) groups excluding carboxylic acids is 2. The zero-order valence-corrected chi connectivity index (χ0v) is 14.1. The molecule has 6 nitrogen and oxygen atoms in total. The number of rotatable bonds is 3. The summed E-state index contributed by atoms with van der Waals surface area (Å²) in [5, 5.41) is 2.98. The van der Waals surface area contributed by atoms with E-state index in [0.29, 0.717) is 17.9 Å². The number of anilines is 1. The van der Waals surface area contributed by atoms with Crippen molar-refractivity contribution in [2.24, 2.45) is 11.8 Å². The van der Waals surface area contributed by atoms with Crippen molar-refractivity contribution in [3.8, 4) is 0 Å². The highest BCUT2D eigenvalue weighted by atomic mass is 32.1. The largest absolute Gasteiger partial charge is 0.342 e. The lowest BCUT2D eigenvalue weighted by atomic mass is 9.95. The third-order valence-electron chi connectivity index (χ3n) is 4.89. The number of piperidine rings is 1. The number of imidazole rings is 1. The fourth-order valence-corrected chi connectivity index (χ4v) is 3.53. The van der Waals surface area contributed by atoms with Gasteiger partial charge in [0.05, 0.1) is 11.0 Å². The maximum absolute atomic E-state index is 12.5. The molecule has 24 heavy (non-hydrogen) atoms. The van der Waals surface area contributed by atoms with Gasteiger partial charge in [-0.15, -0.1) is 0 Å². The molecular formula is C17H20N4O2S. The molecule has 1 saturated heterocycles. The number of benzene rings is 1. The van der Waals surface area contributed by atoms with Gasteiger partial charge in [0.15, 0.2) is 4.77 Å². The molecule has 1 saturated carbocycles. The second kappa shape index (κ2) is 6.05. The van der Waals surface area contributed by atoms with Crippen LogP contribution in [0.1, 0.15) is 25.7 Å². The second-order valence-electron chi connectivity index (χ2n) is 6.70. The Hall–Kier alpha value is -2.15.